The zero-order valence-electron chi connectivity index (χ0n) is 17.9. The summed E-state index contributed by atoms with van der Waals surface area (Å²) in [5.41, 5.74) is 0.160. The summed E-state index contributed by atoms with van der Waals surface area (Å²) in [6.45, 7) is 5.64. The van der Waals surface area contributed by atoms with Crippen molar-refractivity contribution >= 4 is 45.5 Å². The highest BCUT2D eigenvalue weighted by Crippen LogP contribution is 2.23. The lowest BCUT2D eigenvalue weighted by molar-refractivity contribution is 0.0734. The van der Waals surface area contributed by atoms with Gasteiger partial charge in [0.2, 0.25) is 0 Å². The SMILES string of the molecule is CC(C)(C)c1nn2cnnc2n(N=Cc2cc(Br)ccc2OC(=O)c2ccc(Cl)cc2)c1=O. The predicted molar refractivity (Wildman–Crippen MR) is 127 cm³/mol. The Kier molecular flexibility index (Phi) is 6.13. The number of carbonyl (C=O) groups excluding carboxylic acids is 1. The molecule has 0 atom stereocenters. The Bertz CT molecular complexity index is 1440. The minimum absolute atomic E-state index is 0.152. The van der Waals surface area contributed by atoms with Crippen molar-refractivity contribution in [3.05, 3.63) is 85.5 Å². The molecule has 0 radical (unpaired) electrons. The molecule has 2 aromatic carbocycles. The molecule has 0 unspecified atom stereocenters. The van der Waals surface area contributed by atoms with Gasteiger partial charge >= 0.3 is 5.97 Å². The first-order valence-electron chi connectivity index (χ1n) is 9.79. The van der Waals surface area contributed by atoms with Gasteiger partial charge in [0.15, 0.2) is 0 Å². The summed E-state index contributed by atoms with van der Waals surface area (Å²) in [4.78, 5) is 25.7. The van der Waals surface area contributed by atoms with Gasteiger partial charge in [0.25, 0.3) is 11.3 Å². The van der Waals surface area contributed by atoms with Crippen LogP contribution in [0, 0.1) is 0 Å². The van der Waals surface area contributed by atoms with E-state index >= 15 is 0 Å². The lowest BCUT2D eigenvalue weighted by Gasteiger charge is -2.17. The van der Waals surface area contributed by atoms with Crippen LogP contribution in [0.25, 0.3) is 5.78 Å². The first-order valence-corrected chi connectivity index (χ1v) is 11.0. The number of hydrogen-bond donors (Lipinski definition) is 0. The van der Waals surface area contributed by atoms with Crippen LogP contribution >= 0.6 is 27.5 Å². The van der Waals surface area contributed by atoms with Gasteiger partial charge in [0, 0.05) is 20.5 Å². The molecule has 0 N–H and O–H groups in total. The van der Waals surface area contributed by atoms with Crippen molar-refractivity contribution in [2.45, 2.75) is 26.2 Å². The lowest BCUT2D eigenvalue weighted by atomic mass is 9.93. The van der Waals surface area contributed by atoms with Gasteiger partial charge in [0.05, 0.1) is 11.8 Å². The maximum Gasteiger partial charge on any atom is 0.343 e. The first kappa shape index (κ1) is 22.8. The molecule has 168 valence electrons. The van der Waals surface area contributed by atoms with Crippen LogP contribution in [0.1, 0.15) is 42.4 Å². The summed E-state index contributed by atoms with van der Waals surface area (Å²) in [5, 5.41) is 16.9. The predicted octanol–water partition coefficient (Wildman–Crippen LogP) is 4.10. The molecule has 0 aliphatic heterocycles. The maximum atomic E-state index is 13.1. The Balaban J connectivity index is 1.74. The van der Waals surface area contributed by atoms with E-state index in [0.717, 1.165) is 9.15 Å². The second-order valence-corrected chi connectivity index (χ2v) is 9.47. The number of esters is 1. The molecule has 4 aromatic rings. The van der Waals surface area contributed by atoms with E-state index in [-0.39, 0.29) is 11.5 Å². The van der Waals surface area contributed by atoms with Crippen LogP contribution in [-0.4, -0.2) is 36.7 Å². The van der Waals surface area contributed by atoms with Crippen LogP contribution in [0.15, 0.2) is 63.2 Å². The molecule has 0 aliphatic carbocycles. The monoisotopic (exact) mass is 528 g/mol. The van der Waals surface area contributed by atoms with Gasteiger partial charge in [-0.25, -0.2) is 4.79 Å². The molecule has 0 bridgehead atoms. The molecule has 0 amide bonds. The minimum Gasteiger partial charge on any atom is -0.422 e. The van der Waals surface area contributed by atoms with Crippen molar-refractivity contribution in [2.24, 2.45) is 5.10 Å². The van der Waals surface area contributed by atoms with E-state index < -0.39 is 16.9 Å². The Morgan fingerprint density at radius 1 is 1.18 bits per heavy atom. The van der Waals surface area contributed by atoms with E-state index in [0.29, 0.717) is 21.8 Å². The van der Waals surface area contributed by atoms with Crippen LogP contribution in [0.3, 0.4) is 0 Å². The molecule has 0 saturated heterocycles. The number of halogens is 2. The van der Waals surface area contributed by atoms with Crippen LogP contribution < -0.4 is 10.3 Å². The highest BCUT2D eigenvalue weighted by atomic mass is 79.9. The Hall–Kier alpha value is -3.37. The fourth-order valence-corrected chi connectivity index (χ4v) is 3.43. The largest absolute Gasteiger partial charge is 0.422 e. The number of aromatic nitrogens is 5. The molecule has 2 aromatic heterocycles. The molecule has 11 heteroatoms. The van der Waals surface area contributed by atoms with Gasteiger partial charge in [0.1, 0.15) is 17.8 Å². The average molecular weight is 530 g/mol. The van der Waals surface area contributed by atoms with Crippen LogP contribution in [-0.2, 0) is 5.41 Å². The molecular weight excluding hydrogens is 512 g/mol. The van der Waals surface area contributed by atoms with E-state index in [1.54, 1.807) is 42.5 Å². The summed E-state index contributed by atoms with van der Waals surface area (Å²) in [6.07, 6.45) is 2.81. The normalized spacial score (nSPS) is 11.9. The number of carbonyl (C=O) groups is 1. The zero-order chi connectivity index (χ0) is 23.8. The lowest BCUT2D eigenvalue weighted by Crippen LogP contribution is -2.33. The van der Waals surface area contributed by atoms with Crippen LogP contribution in [0.4, 0.5) is 0 Å². The van der Waals surface area contributed by atoms with Gasteiger partial charge in [-0.3, -0.25) is 4.79 Å². The molecular formula is C22H18BrClN6O3. The smallest absolute Gasteiger partial charge is 0.343 e. The van der Waals surface area contributed by atoms with Crippen LogP contribution in [0.5, 0.6) is 5.75 Å². The van der Waals surface area contributed by atoms with E-state index in [9.17, 15) is 9.59 Å². The van der Waals surface area contributed by atoms with Crippen molar-refractivity contribution in [1.82, 2.24) is 24.5 Å². The third-order valence-electron chi connectivity index (χ3n) is 4.58. The third-order valence-corrected chi connectivity index (χ3v) is 5.33. The van der Waals surface area contributed by atoms with Crippen molar-refractivity contribution in [3.8, 4) is 5.75 Å². The molecule has 4 rings (SSSR count). The molecule has 0 saturated carbocycles. The fraction of sp³-hybridized carbons (Fsp3) is 0.182. The summed E-state index contributed by atoms with van der Waals surface area (Å²) < 4.78 is 8.81. The number of rotatable bonds is 4. The van der Waals surface area contributed by atoms with Gasteiger partial charge in [-0.1, -0.05) is 48.3 Å². The standard InChI is InChI=1S/C22H18BrClN6O3/c1-22(2,3)18-19(31)30(21-27-25-12-29(21)28-18)26-11-14-10-15(23)6-9-17(14)33-20(32)13-4-7-16(24)8-5-13/h4-12H,1-3H3. The summed E-state index contributed by atoms with van der Waals surface area (Å²) >= 11 is 9.29. The summed E-state index contributed by atoms with van der Waals surface area (Å²) in [7, 11) is 0. The van der Waals surface area contributed by atoms with Gasteiger partial charge in [-0.05, 0) is 42.5 Å². The topological polar surface area (TPSA) is 104 Å². The van der Waals surface area contributed by atoms with Crippen LogP contribution in [0.2, 0.25) is 5.02 Å². The Morgan fingerprint density at radius 3 is 2.61 bits per heavy atom. The molecule has 0 fully saturated rings. The Labute approximate surface area is 201 Å². The summed E-state index contributed by atoms with van der Waals surface area (Å²) in [5.74, 6) is -0.143. The van der Waals surface area contributed by atoms with Crippen molar-refractivity contribution in [2.75, 3.05) is 0 Å². The van der Waals surface area contributed by atoms with E-state index in [4.69, 9.17) is 16.3 Å². The molecule has 0 aliphatic rings. The highest BCUT2D eigenvalue weighted by Gasteiger charge is 2.24. The van der Waals surface area contributed by atoms with E-state index in [2.05, 4.69) is 36.3 Å². The number of fused-ring (bicyclic) bond motifs is 1. The zero-order valence-corrected chi connectivity index (χ0v) is 20.2. The van der Waals surface area contributed by atoms with E-state index in [1.165, 1.54) is 17.1 Å². The molecule has 0 spiro atoms. The number of hydrogen-bond acceptors (Lipinski definition) is 7. The van der Waals surface area contributed by atoms with Crippen molar-refractivity contribution in [1.29, 1.82) is 0 Å². The van der Waals surface area contributed by atoms with Crippen molar-refractivity contribution < 1.29 is 9.53 Å². The second-order valence-electron chi connectivity index (χ2n) is 8.11. The highest BCUT2D eigenvalue weighted by molar-refractivity contribution is 9.10. The molecule has 33 heavy (non-hydrogen) atoms. The van der Waals surface area contributed by atoms with E-state index in [1.807, 2.05) is 20.8 Å². The molecule has 9 nitrogen and oxygen atoms in total. The maximum absolute atomic E-state index is 13.1. The quantitative estimate of drug-likeness (QED) is 0.224. The molecule has 2 heterocycles. The number of nitrogens with zero attached hydrogens (tertiary/aromatic N) is 6. The fourth-order valence-electron chi connectivity index (χ4n) is 2.93. The number of benzene rings is 2. The average Bonchev–Trinajstić information content (AvgIpc) is 3.22. The Morgan fingerprint density at radius 2 is 1.91 bits per heavy atom. The van der Waals surface area contributed by atoms with Crippen molar-refractivity contribution in [3.63, 3.8) is 0 Å². The van der Waals surface area contributed by atoms with Gasteiger partial charge < -0.3 is 4.74 Å². The van der Waals surface area contributed by atoms with Gasteiger partial charge in [-0.15, -0.1) is 10.2 Å². The summed E-state index contributed by atoms with van der Waals surface area (Å²) in [6, 6.07) is 11.4. The second kappa shape index (κ2) is 8.87. The van der Waals surface area contributed by atoms with Gasteiger partial charge in [-0.2, -0.15) is 19.4 Å². The minimum atomic E-state index is -0.556. The first-order chi connectivity index (χ1) is 15.6. The number of ether oxygens (including phenoxy) is 1. The third kappa shape index (κ3) is 4.86.